The van der Waals surface area contributed by atoms with E-state index >= 15 is 0 Å². The predicted octanol–water partition coefficient (Wildman–Crippen LogP) is 5.91. The van der Waals surface area contributed by atoms with Gasteiger partial charge in [-0.25, -0.2) is 4.98 Å². The second-order valence-corrected chi connectivity index (χ2v) is 10.7. The van der Waals surface area contributed by atoms with Gasteiger partial charge in [-0.1, -0.05) is 15.9 Å². The van der Waals surface area contributed by atoms with E-state index in [2.05, 4.69) is 36.8 Å². The molecular weight excluding hydrogens is 541 g/mol. The minimum atomic E-state index is -4.48. The first-order valence-corrected chi connectivity index (χ1v) is 13.1. The number of fused-ring (bicyclic) bond motifs is 1. The molecule has 0 bridgehead atoms. The molecule has 0 saturated heterocycles. The topological polar surface area (TPSA) is 65.1 Å². The number of aryl methyl sites for hydroxylation is 1. The van der Waals surface area contributed by atoms with Crippen LogP contribution in [0.15, 0.2) is 22.7 Å². The molecule has 2 aliphatic carbocycles. The summed E-state index contributed by atoms with van der Waals surface area (Å²) in [7, 11) is 4.03. The molecule has 190 valence electrons. The van der Waals surface area contributed by atoms with Gasteiger partial charge < -0.3 is 20.9 Å². The Morgan fingerprint density at radius 2 is 1.74 bits per heavy atom. The van der Waals surface area contributed by atoms with E-state index in [4.69, 9.17) is 22.2 Å². The van der Waals surface area contributed by atoms with Gasteiger partial charge in [0.15, 0.2) is 5.11 Å². The minimum Gasteiger partial charge on any atom is -0.362 e. The maximum atomic E-state index is 13.4. The van der Waals surface area contributed by atoms with E-state index in [0.717, 1.165) is 62.5 Å². The van der Waals surface area contributed by atoms with Crippen molar-refractivity contribution >= 4 is 50.7 Å². The normalized spacial score (nSPS) is 20.1. The van der Waals surface area contributed by atoms with Gasteiger partial charge in [-0.2, -0.15) is 18.2 Å². The number of halogens is 4. The zero-order chi connectivity index (χ0) is 25.2. The van der Waals surface area contributed by atoms with Crippen molar-refractivity contribution in [2.24, 2.45) is 0 Å². The Kier molecular flexibility index (Phi) is 8.05. The second-order valence-electron chi connectivity index (χ2n) is 9.38. The molecule has 0 aliphatic heterocycles. The first-order chi connectivity index (χ1) is 16.6. The molecule has 1 fully saturated rings. The fraction of sp³-hybridized carbons (Fsp3) is 0.542. The van der Waals surface area contributed by atoms with Crippen LogP contribution in [-0.2, 0) is 19.0 Å². The van der Waals surface area contributed by atoms with Crippen LogP contribution in [0, 0.1) is 0 Å². The van der Waals surface area contributed by atoms with Crippen LogP contribution in [0.2, 0.25) is 0 Å². The molecule has 0 radical (unpaired) electrons. The fourth-order valence-electron chi connectivity index (χ4n) is 4.78. The maximum absolute atomic E-state index is 13.4. The molecule has 1 heterocycles. The summed E-state index contributed by atoms with van der Waals surface area (Å²) in [5, 5.41) is 9.63. The molecule has 6 nitrogen and oxygen atoms in total. The molecule has 3 N–H and O–H groups in total. The van der Waals surface area contributed by atoms with Gasteiger partial charge in [0.2, 0.25) is 5.95 Å². The smallest absolute Gasteiger partial charge is 0.362 e. The Morgan fingerprint density at radius 1 is 1.06 bits per heavy atom. The number of thiocarbonyl (C=S) groups is 1. The average Bonchev–Trinajstić information content (AvgIpc) is 2.80. The number of alkyl halides is 3. The Morgan fingerprint density at radius 3 is 2.43 bits per heavy atom. The first kappa shape index (κ1) is 25.9. The lowest BCUT2D eigenvalue weighted by Crippen LogP contribution is -2.42. The summed E-state index contributed by atoms with van der Waals surface area (Å²) in [6, 6.07) is 4.32. The lowest BCUT2D eigenvalue weighted by Gasteiger charge is -2.31. The third-order valence-corrected chi connectivity index (χ3v) is 7.23. The summed E-state index contributed by atoms with van der Waals surface area (Å²) in [5.74, 6) is 1.67. The minimum absolute atomic E-state index is 0.0604. The molecule has 35 heavy (non-hydrogen) atoms. The largest absolute Gasteiger partial charge is 0.418 e. The standard InChI is InChI=1S/C24H30BrF3N6S/c1-34(2)21-17-5-3-4-6-19(17)31-22(33-21)29-15-8-10-16(11-9-15)30-23(35)32-20-12-7-14(25)13-18(20)24(26,27)28/h7,12-13,15-16H,3-6,8-11H2,1-2H3,(H,29,31,33)(H2,30,32,35)/t15-,16+. The van der Waals surface area contributed by atoms with E-state index in [1.807, 2.05) is 14.1 Å². The molecule has 0 unspecified atom stereocenters. The third-order valence-electron chi connectivity index (χ3n) is 6.52. The highest BCUT2D eigenvalue weighted by Gasteiger charge is 2.34. The third kappa shape index (κ3) is 6.55. The summed E-state index contributed by atoms with van der Waals surface area (Å²) in [5.41, 5.74) is 1.59. The van der Waals surface area contributed by atoms with Crippen LogP contribution in [0.3, 0.4) is 0 Å². The van der Waals surface area contributed by atoms with Crippen molar-refractivity contribution in [3.8, 4) is 0 Å². The van der Waals surface area contributed by atoms with Gasteiger partial charge in [0.1, 0.15) is 5.82 Å². The Labute approximate surface area is 217 Å². The summed E-state index contributed by atoms with van der Waals surface area (Å²) in [6.07, 6.45) is 3.35. The van der Waals surface area contributed by atoms with Gasteiger partial charge in [0, 0.05) is 36.2 Å². The highest BCUT2D eigenvalue weighted by molar-refractivity contribution is 9.10. The van der Waals surface area contributed by atoms with Crippen molar-refractivity contribution < 1.29 is 13.2 Å². The zero-order valence-electron chi connectivity index (χ0n) is 19.8. The quantitative estimate of drug-likeness (QED) is 0.386. The molecule has 1 saturated carbocycles. The van der Waals surface area contributed by atoms with E-state index < -0.39 is 11.7 Å². The summed E-state index contributed by atoms with van der Waals surface area (Å²) in [6.45, 7) is 0. The number of rotatable bonds is 5. The average molecular weight is 572 g/mol. The molecule has 11 heteroatoms. The lowest BCUT2D eigenvalue weighted by molar-refractivity contribution is -0.136. The van der Waals surface area contributed by atoms with E-state index in [-0.39, 0.29) is 22.9 Å². The highest BCUT2D eigenvalue weighted by atomic mass is 79.9. The van der Waals surface area contributed by atoms with Crippen molar-refractivity contribution in [3.05, 3.63) is 39.5 Å². The van der Waals surface area contributed by atoms with E-state index in [1.54, 1.807) is 6.07 Å². The van der Waals surface area contributed by atoms with Gasteiger partial charge in [-0.05, 0) is 81.8 Å². The number of aromatic nitrogens is 2. The van der Waals surface area contributed by atoms with E-state index in [0.29, 0.717) is 10.4 Å². The molecular formula is C24H30BrF3N6S. The van der Waals surface area contributed by atoms with Crippen LogP contribution >= 0.6 is 28.1 Å². The fourth-order valence-corrected chi connectivity index (χ4v) is 5.41. The SMILES string of the molecule is CN(C)c1nc(N[C@H]2CC[C@@H](NC(=S)Nc3ccc(Br)cc3C(F)(F)F)CC2)nc2c1CCCC2. The van der Waals surface area contributed by atoms with E-state index in [9.17, 15) is 13.2 Å². The monoisotopic (exact) mass is 570 g/mol. The van der Waals surface area contributed by atoms with Gasteiger partial charge in [0.25, 0.3) is 0 Å². The number of anilines is 3. The summed E-state index contributed by atoms with van der Waals surface area (Å²) in [4.78, 5) is 11.7. The Bertz CT molecular complexity index is 1070. The molecule has 2 aliphatic rings. The van der Waals surface area contributed by atoms with Crippen molar-refractivity contribution in [2.45, 2.75) is 69.6 Å². The van der Waals surface area contributed by atoms with Gasteiger partial charge in [-0.3, -0.25) is 0 Å². The van der Waals surface area contributed by atoms with Crippen LogP contribution in [0.4, 0.5) is 30.6 Å². The molecule has 1 aromatic heterocycles. The number of nitrogens with one attached hydrogen (secondary N) is 3. The molecule has 4 rings (SSSR count). The van der Waals surface area contributed by atoms with Gasteiger partial charge >= 0.3 is 6.18 Å². The van der Waals surface area contributed by atoms with E-state index in [1.165, 1.54) is 18.1 Å². The summed E-state index contributed by atoms with van der Waals surface area (Å²) < 4.78 is 40.5. The number of hydrogen-bond donors (Lipinski definition) is 3. The molecule has 0 amide bonds. The molecule has 0 spiro atoms. The van der Waals surface area contributed by atoms with Gasteiger partial charge in [-0.15, -0.1) is 0 Å². The van der Waals surface area contributed by atoms with Crippen LogP contribution < -0.4 is 20.9 Å². The number of benzene rings is 1. The Hall–Kier alpha value is -2.14. The number of hydrogen-bond acceptors (Lipinski definition) is 5. The van der Waals surface area contributed by atoms with Crippen LogP contribution in [0.5, 0.6) is 0 Å². The lowest BCUT2D eigenvalue weighted by atomic mass is 9.91. The van der Waals surface area contributed by atoms with Crippen LogP contribution in [0.1, 0.15) is 55.3 Å². The summed E-state index contributed by atoms with van der Waals surface area (Å²) >= 11 is 8.42. The van der Waals surface area contributed by atoms with Crippen molar-refractivity contribution in [2.75, 3.05) is 29.6 Å². The molecule has 1 aromatic carbocycles. The van der Waals surface area contributed by atoms with Crippen LogP contribution in [-0.4, -0.2) is 41.3 Å². The van der Waals surface area contributed by atoms with Gasteiger partial charge in [0.05, 0.1) is 16.9 Å². The maximum Gasteiger partial charge on any atom is 0.418 e. The highest BCUT2D eigenvalue weighted by Crippen LogP contribution is 2.36. The number of nitrogens with zero attached hydrogens (tertiary/aromatic N) is 3. The molecule has 0 atom stereocenters. The van der Waals surface area contributed by atoms with Crippen molar-refractivity contribution in [1.82, 2.24) is 15.3 Å². The first-order valence-electron chi connectivity index (χ1n) is 11.9. The predicted molar refractivity (Wildman–Crippen MR) is 141 cm³/mol. The Balaban J connectivity index is 1.32. The zero-order valence-corrected chi connectivity index (χ0v) is 22.2. The molecule has 2 aromatic rings. The second kappa shape index (κ2) is 10.9. The van der Waals surface area contributed by atoms with Crippen LogP contribution in [0.25, 0.3) is 0 Å². The van der Waals surface area contributed by atoms with Crippen molar-refractivity contribution in [3.63, 3.8) is 0 Å². The van der Waals surface area contributed by atoms with Crippen molar-refractivity contribution in [1.29, 1.82) is 0 Å².